The molecule has 0 aromatic carbocycles. The van der Waals surface area contributed by atoms with Gasteiger partial charge >= 0.3 is 0 Å². The van der Waals surface area contributed by atoms with E-state index in [-0.39, 0.29) is 5.91 Å². The molecule has 0 bridgehead atoms. The lowest BCUT2D eigenvalue weighted by Gasteiger charge is -2.32. The number of aromatic nitrogens is 1. The third-order valence-corrected chi connectivity index (χ3v) is 4.57. The van der Waals surface area contributed by atoms with Crippen molar-refractivity contribution in [2.24, 2.45) is 0 Å². The van der Waals surface area contributed by atoms with Crippen molar-refractivity contribution in [3.8, 4) is 0 Å². The highest BCUT2D eigenvalue weighted by Gasteiger charge is 2.36. The minimum absolute atomic E-state index is 0.00813. The van der Waals surface area contributed by atoms with Crippen LogP contribution in [0.3, 0.4) is 0 Å². The monoisotopic (exact) mass is 323 g/mol. The number of hydrogen-bond donors (Lipinski definition) is 1. The number of carbonyl (C=O) groups excluding carboxylic acids is 1. The van der Waals surface area contributed by atoms with E-state index in [1.165, 1.54) is 25.8 Å². The highest BCUT2D eigenvalue weighted by molar-refractivity contribution is 9.10. The van der Waals surface area contributed by atoms with Crippen molar-refractivity contribution in [1.82, 2.24) is 15.2 Å². The first-order chi connectivity index (χ1) is 9.24. The summed E-state index contributed by atoms with van der Waals surface area (Å²) in [6, 6.07) is 2.65. The molecule has 2 aliphatic heterocycles. The molecule has 2 atom stereocenters. The predicted octanol–water partition coefficient (Wildman–Crippen LogP) is 2.20. The smallest absolute Gasteiger partial charge is 0.253 e. The van der Waals surface area contributed by atoms with Crippen molar-refractivity contribution in [1.29, 1.82) is 0 Å². The van der Waals surface area contributed by atoms with Gasteiger partial charge in [-0.3, -0.25) is 14.7 Å². The van der Waals surface area contributed by atoms with Gasteiger partial charge in [-0.25, -0.2) is 0 Å². The van der Waals surface area contributed by atoms with Crippen molar-refractivity contribution in [2.75, 3.05) is 13.1 Å². The summed E-state index contributed by atoms with van der Waals surface area (Å²) in [4.78, 5) is 18.8. The third kappa shape index (κ3) is 2.82. The van der Waals surface area contributed by atoms with Crippen LogP contribution in [-0.4, -0.2) is 41.0 Å². The zero-order valence-corrected chi connectivity index (χ0v) is 12.4. The SMILES string of the molecule is O=C(N[C@H]1CCN2CCCC[C@H]12)c1cncc(Br)c1. The van der Waals surface area contributed by atoms with Crippen LogP contribution in [0, 0.1) is 0 Å². The first-order valence-electron chi connectivity index (χ1n) is 6.89. The largest absolute Gasteiger partial charge is 0.348 e. The molecular weight excluding hydrogens is 306 g/mol. The summed E-state index contributed by atoms with van der Waals surface area (Å²) in [5.74, 6) is -0.00813. The second-order valence-electron chi connectivity index (χ2n) is 5.36. The number of nitrogens with zero attached hydrogens (tertiary/aromatic N) is 2. The number of pyridine rings is 1. The van der Waals surface area contributed by atoms with Crippen LogP contribution in [0.5, 0.6) is 0 Å². The lowest BCUT2D eigenvalue weighted by molar-refractivity contribution is 0.0915. The Kier molecular flexibility index (Phi) is 3.84. The Morgan fingerprint density at radius 3 is 3.05 bits per heavy atom. The molecule has 3 heterocycles. The molecule has 5 heteroatoms. The Balaban J connectivity index is 1.66. The Bertz CT molecular complexity index is 480. The quantitative estimate of drug-likeness (QED) is 0.907. The summed E-state index contributed by atoms with van der Waals surface area (Å²) >= 11 is 3.35. The van der Waals surface area contributed by atoms with Gasteiger partial charge in [0, 0.05) is 35.5 Å². The molecule has 0 saturated carbocycles. The highest BCUT2D eigenvalue weighted by Crippen LogP contribution is 2.27. The van der Waals surface area contributed by atoms with Crippen LogP contribution in [0.1, 0.15) is 36.0 Å². The number of hydrogen-bond acceptors (Lipinski definition) is 3. The predicted molar refractivity (Wildman–Crippen MR) is 77.0 cm³/mol. The maximum absolute atomic E-state index is 12.2. The first kappa shape index (κ1) is 13.1. The molecule has 0 unspecified atom stereocenters. The summed E-state index contributed by atoms with van der Waals surface area (Å²) in [5.41, 5.74) is 0.628. The molecule has 1 N–H and O–H groups in total. The van der Waals surface area contributed by atoms with Gasteiger partial charge in [0.2, 0.25) is 0 Å². The summed E-state index contributed by atoms with van der Waals surface area (Å²) in [6.45, 7) is 2.31. The van der Waals surface area contributed by atoms with E-state index in [4.69, 9.17) is 0 Å². The molecule has 0 spiro atoms. The molecule has 3 rings (SSSR count). The maximum atomic E-state index is 12.2. The Morgan fingerprint density at radius 2 is 2.21 bits per heavy atom. The van der Waals surface area contributed by atoms with Crippen molar-refractivity contribution < 1.29 is 4.79 Å². The molecular formula is C14H18BrN3O. The average molecular weight is 324 g/mol. The second-order valence-corrected chi connectivity index (χ2v) is 6.28. The molecule has 102 valence electrons. The van der Waals surface area contributed by atoms with E-state index in [9.17, 15) is 4.79 Å². The highest BCUT2D eigenvalue weighted by atomic mass is 79.9. The third-order valence-electron chi connectivity index (χ3n) is 4.14. The van der Waals surface area contributed by atoms with Gasteiger partial charge in [0.05, 0.1) is 5.56 Å². The molecule has 4 nitrogen and oxygen atoms in total. The normalized spacial score (nSPS) is 27.0. The first-order valence-corrected chi connectivity index (χ1v) is 7.69. The summed E-state index contributed by atoms with van der Waals surface area (Å²) in [5, 5.41) is 3.18. The number of halogens is 1. The standard InChI is InChI=1S/C14H18BrN3O/c15-11-7-10(8-16-9-11)14(19)17-12-4-6-18-5-2-1-3-13(12)18/h7-9,12-13H,1-6H2,(H,17,19)/t12-,13+/m0/s1. The molecule has 1 aromatic rings. The van der Waals surface area contributed by atoms with Gasteiger partial charge in [0.25, 0.3) is 5.91 Å². The number of nitrogens with one attached hydrogen (secondary N) is 1. The van der Waals surface area contributed by atoms with Crippen molar-refractivity contribution in [3.63, 3.8) is 0 Å². The molecule has 1 aromatic heterocycles. The van der Waals surface area contributed by atoms with E-state index < -0.39 is 0 Å². The van der Waals surface area contributed by atoms with Crippen LogP contribution in [0.2, 0.25) is 0 Å². The molecule has 2 aliphatic rings. The van der Waals surface area contributed by atoms with Crippen LogP contribution in [0.25, 0.3) is 0 Å². The molecule has 2 fully saturated rings. The van der Waals surface area contributed by atoms with E-state index in [2.05, 4.69) is 31.1 Å². The van der Waals surface area contributed by atoms with Crippen molar-refractivity contribution in [2.45, 2.75) is 37.8 Å². The lowest BCUT2D eigenvalue weighted by atomic mass is 9.99. The Hall–Kier alpha value is -0.940. The molecule has 2 saturated heterocycles. The van der Waals surface area contributed by atoms with Gasteiger partial charge in [0.15, 0.2) is 0 Å². The summed E-state index contributed by atoms with van der Waals surface area (Å²) in [7, 11) is 0. The van der Waals surface area contributed by atoms with Crippen molar-refractivity contribution in [3.05, 3.63) is 28.5 Å². The fraction of sp³-hybridized carbons (Fsp3) is 0.571. The van der Waals surface area contributed by atoms with Gasteiger partial charge in [0.1, 0.15) is 0 Å². The summed E-state index contributed by atoms with van der Waals surface area (Å²) < 4.78 is 0.839. The molecule has 1 amide bonds. The van der Waals surface area contributed by atoms with Crippen LogP contribution in [0.15, 0.2) is 22.9 Å². The topological polar surface area (TPSA) is 45.2 Å². The van der Waals surface area contributed by atoms with Crippen LogP contribution >= 0.6 is 15.9 Å². The lowest BCUT2D eigenvalue weighted by Crippen LogP contribution is -2.46. The number of amides is 1. The average Bonchev–Trinajstić information content (AvgIpc) is 2.82. The van der Waals surface area contributed by atoms with Crippen LogP contribution in [0.4, 0.5) is 0 Å². The van der Waals surface area contributed by atoms with E-state index in [0.29, 0.717) is 17.6 Å². The Morgan fingerprint density at radius 1 is 1.32 bits per heavy atom. The van der Waals surface area contributed by atoms with E-state index in [1.54, 1.807) is 12.4 Å². The van der Waals surface area contributed by atoms with Crippen LogP contribution in [-0.2, 0) is 0 Å². The van der Waals surface area contributed by atoms with E-state index in [0.717, 1.165) is 17.4 Å². The number of fused-ring (bicyclic) bond motifs is 1. The fourth-order valence-electron chi connectivity index (χ4n) is 3.20. The molecule has 0 radical (unpaired) electrons. The van der Waals surface area contributed by atoms with Gasteiger partial charge in [-0.2, -0.15) is 0 Å². The zero-order chi connectivity index (χ0) is 13.2. The minimum Gasteiger partial charge on any atom is -0.348 e. The van der Waals surface area contributed by atoms with Gasteiger partial charge in [-0.05, 0) is 47.8 Å². The van der Waals surface area contributed by atoms with Gasteiger partial charge < -0.3 is 5.32 Å². The number of rotatable bonds is 2. The maximum Gasteiger partial charge on any atom is 0.253 e. The summed E-state index contributed by atoms with van der Waals surface area (Å²) in [6.07, 6.45) is 8.17. The van der Waals surface area contributed by atoms with Gasteiger partial charge in [-0.15, -0.1) is 0 Å². The second kappa shape index (κ2) is 5.59. The number of piperidine rings is 1. The minimum atomic E-state index is -0.00813. The molecule has 19 heavy (non-hydrogen) atoms. The van der Waals surface area contributed by atoms with E-state index >= 15 is 0 Å². The zero-order valence-electron chi connectivity index (χ0n) is 10.8. The van der Waals surface area contributed by atoms with Crippen molar-refractivity contribution >= 4 is 21.8 Å². The fourth-order valence-corrected chi connectivity index (χ4v) is 3.57. The Labute approximate surface area is 121 Å². The molecule has 0 aliphatic carbocycles. The van der Waals surface area contributed by atoms with Gasteiger partial charge in [-0.1, -0.05) is 6.42 Å². The number of carbonyl (C=O) groups is 1. The van der Waals surface area contributed by atoms with E-state index in [1.807, 2.05) is 6.07 Å². The van der Waals surface area contributed by atoms with Crippen LogP contribution < -0.4 is 5.32 Å².